The molecule has 7 heteroatoms. The van der Waals surface area contributed by atoms with Gasteiger partial charge in [-0.25, -0.2) is 14.4 Å². The first-order valence-corrected chi connectivity index (χ1v) is 10.7. The normalized spacial score (nSPS) is 23.5. The highest BCUT2D eigenvalue weighted by Gasteiger charge is 2.40. The van der Waals surface area contributed by atoms with Crippen molar-refractivity contribution in [2.24, 2.45) is 11.8 Å². The zero-order valence-corrected chi connectivity index (χ0v) is 17.3. The quantitative estimate of drug-likeness (QED) is 0.647. The fourth-order valence-corrected chi connectivity index (χ4v) is 5.03. The Labute approximate surface area is 180 Å². The van der Waals surface area contributed by atoms with E-state index in [0.29, 0.717) is 40.0 Å². The fraction of sp³-hybridized carbons (Fsp3) is 0.348. The van der Waals surface area contributed by atoms with Crippen LogP contribution in [-0.2, 0) is 6.54 Å². The van der Waals surface area contributed by atoms with Crippen LogP contribution in [0.1, 0.15) is 18.5 Å². The van der Waals surface area contributed by atoms with E-state index >= 15 is 0 Å². The van der Waals surface area contributed by atoms with Crippen LogP contribution in [0.4, 0.5) is 10.3 Å². The number of hydrogen-bond donors (Lipinski definition) is 1. The maximum Gasteiger partial charge on any atom is 0.222 e. The lowest BCUT2D eigenvalue weighted by Gasteiger charge is -2.19. The molecule has 1 saturated carbocycles. The van der Waals surface area contributed by atoms with Gasteiger partial charge in [-0.05, 0) is 55.0 Å². The molecule has 3 atom stereocenters. The highest BCUT2D eigenvalue weighted by atomic mass is 35.5. The van der Waals surface area contributed by atoms with Crippen LogP contribution in [0.25, 0.3) is 11.1 Å². The third-order valence-corrected chi connectivity index (χ3v) is 6.49. The lowest BCUT2D eigenvalue weighted by molar-refractivity contribution is 0.297. The second-order valence-electron chi connectivity index (χ2n) is 8.27. The van der Waals surface area contributed by atoms with E-state index in [-0.39, 0.29) is 5.82 Å². The highest BCUT2D eigenvalue weighted by molar-refractivity contribution is 6.33. The van der Waals surface area contributed by atoms with Crippen LogP contribution in [0, 0.1) is 17.7 Å². The van der Waals surface area contributed by atoms with Gasteiger partial charge in [-0.3, -0.25) is 9.88 Å². The molecule has 5 nitrogen and oxygen atoms in total. The van der Waals surface area contributed by atoms with Gasteiger partial charge in [0.05, 0.1) is 5.69 Å². The average Bonchev–Trinajstić information content (AvgIpc) is 3.29. The summed E-state index contributed by atoms with van der Waals surface area (Å²) in [5.41, 5.74) is 2.45. The minimum atomic E-state index is -0.328. The number of hydrogen-bond acceptors (Lipinski definition) is 5. The molecule has 5 rings (SSSR count). The van der Waals surface area contributed by atoms with Gasteiger partial charge in [-0.1, -0.05) is 17.7 Å². The summed E-state index contributed by atoms with van der Waals surface area (Å²) in [6.45, 7) is 3.17. The standard InChI is InChI=1S/C23H23ClFN5/c24-22-5-4-18(25)9-21(22)17-10-27-23(28-11-17)29-20-7-15-12-30(13-16(15)8-20)14-19-3-1-2-6-26-19/h1-6,9-11,15-16,20H,7-8,12-14H2,(H,27,28,29)/t15-,16+,20?. The van der Waals surface area contributed by atoms with Gasteiger partial charge < -0.3 is 5.32 Å². The number of benzene rings is 1. The second kappa shape index (κ2) is 8.28. The smallest absolute Gasteiger partial charge is 0.222 e. The lowest BCUT2D eigenvalue weighted by atomic mass is 10.0. The first kappa shape index (κ1) is 19.4. The van der Waals surface area contributed by atoms with Crippen LogP contribution >= 0.6 is 11.6 Å². The minimum absolute atomic E-state index is 0.328. The molecular formula is C23H23ClFN5. The van der Waals surface area contributed by atoms with E-state index in [0.717, 1.165) is 38.2 Å². The highest BCUT2D eigenvalue weighted by Crippen LogP contribution is 2.39. The number of aromatic nitrogens is 3. The van der Waals surface area contributed by atoms with Gasteiger partial charge in [-0.15, -0.1) is 0 Å². The third-order valence-electron chi connectivity index (χ3n) is 6.16. The monoisotopic (exact) mass is 423 g/mol. The molecule has 1 N–H and O–H groups in total. The molecule has 2 fully saturated rings. The van der Waals surface area contributed by atoms with Crippen molar-refractivity contribution in [2.75, 3.05) is 18.4 Å². The molecule has 0 bridgehead atoms. The van der Waals surface area contributed by atoms with Gasteiger partial charge in [0.2, 0.25) is 5.95 Å². The number of likely N-dealkylation sites (tertiary alicyclic amines) is 1. The van der Waals surface area contributed by atoms with Crippen LogP contribution in [0.15, 0.2) is 55.0 Å². The number of nitrogens with one attached hydrogen (secondary N) is 1. The molecule has 2 aliphatic rings. The molecule has 3 aromatic rings. The predicted octanol–water partition coefficient (Wildman–Crippen LogP) is 4.65. The van der Waals surface area contributed by atoms with E-state index < -0.39 is 0 Å². The molecule has 154 valence electrons. The average molecular weight is 424 g/mol. The summed E-state index contributed by atoms with van der Waals surface area (Å²) in [7, 11) is 0. The second-order valence-corrected chi connectivity index (χ2v) is 8.67. The first-order chi connectivity index (χ1) is 14.6. The SMILES string of the molecule is Fc1ccc(Cl)c(-c2cnc(NC3C[C@@H]4CN(Cc5ccccn5)C[C@@H]4C3)nc2)c1. The van der Waals surface area contributed by atoms with Crippen molar-refractivity contribution >= 4 is 17.5 Å². The van der Waals surface area contributed by atoms with Gasteiger partial charge in [0.25, 0.3) is 0 Å². The molecule has 2 aromatic heterocycles. The van der Waals surface area contributed by atoms with Crippen molar-refractivity contribution in [1.29, 1.82) is 0 Å². The summed E-state index contributed by atoms with van der Waals surface area (Å²) in [5, 5.41) is 3.96. The Morgan fingerprint density at radius 3 is 2.50 bits per heavy atom. The topological polar surface area (TPSA) is 53.9 Å². The Morgan fingerprint density at radius 2 is 1.80 bits per heavy atom. The Hall–Kier alpha value is -2.57. The zero-order chi connectivity index (χ0) is 20.5. The maximum atomic E-state index is 13.5. The van der Waals surface area contributed by atoms with Gasteiger partial charge in [-0.2, -0.15) is 0 Å². The minimum Gasteiger partial charge on any atom is -0.351 e. The molecule has 1 aliphatic heterocycles. The Bertz CT molecular complexity index is 1000. The summed E-state index contributed by atoms with van der Waals surface area (Å²) in [6.07, 6.45) is 7.51. The number of fused-ring (bicyclic) bond motifs is 1. The predicted molar refractivity (Wildman–Crippen MR) is 116 cm³/mol. The number of nitrogens with zero attached hydrogens (tertiary/aromatic N) is 4. The number of halogens is 2. The van der Waals surface area contributed by atoms with E-state index in [1.54, 1.807) is 18.5 Å². The maximum absolute atomic E-state index is 13.5. The van der Waals surface area contributed by atoms with Crippen LogP contribution in [0.2, 0.25) is 5.02 Å². The molecule has 0 spiro atoms. The molecule has 1 saturated heterocycles. The van der Waals surface area contributed by atoms with E-state index in [4.69, 9.17) is 11.6 Å². The van der Waals surface area contributed by atoms with Crippen LogP contribution < -0.4 is 5.32 Å². The zero-order valence-electron chi connectivity index (χ0n) is 16.5. The Balaban J connectivity index is 1.17. The van der Waals surface area contributed by atoms with E-state index in [9.17, 15) is 4.39 Å². The first-order valence-electron chi connectivity index (χ1n) is 10.3. The summed E-state index contributed by atoms with van der Waals surface area (Å²) in [6, 6.07) is 10.8. The largest absolute Gasteiger partial charge is 0.351 e. The molecule has 0 radical (unpaired) electrons. The number of anilines is 1. The number of pyridine rings is 1. The summed E-state index contributed by atoms with van der Waals surface area (Å²) in [4.78, 5) is 15.8. The molecule has 1 aromatic carbocycles. The van der Waals surface area contributed by atoms with E-state index in [2.05, 4.69) is 31.2 Å². The Morgan fingerprint density at radius 1 is 1.03 bits per heavy atom. The van der Waals surface area contributed by atoms with Crippen molar-refractivity contribution < 1.29 is 4.39 Å². The fourth-order valence-electron chi connectivity index (χ4n) is 4.81. The lowest BCUT2D eigenvalue weighted by Crippen LogP contribution is -2.25. The summed E-state index contributed by atoms with van der Waals surface area (Å²) < 4.78 is 13.5. The third kappa shape index (κ3) is 4.16. The van der Waals surface area contributed by atoms with Crippen LogP contribution in [0.3, 0.4) is 0 Å². The summed E-state index contributed by atoms with van der Waals surface area (Å²) >= 11 is 6.18. The molecule has 0 amide bonds. The molecular weight excluding hydrogens is 401 g/mol. The van der Waals surface area contributed by atoms with Crippen molar-refractivity contribution in [3.05, 3.63) is 71.5 Å². The van der Waals surface area contributed by atoms with E-state index in [1.807, 2.05) is 18.3 Å². The van der Waals surface area contributed by atoms with Crippen molar-refractivity contribution in [3.63, 3.8) is 0 Å². The molecule has 30 heavy (non-hydrogen) atoms. The molecule has 3 heterocycles. The van der Waals surface area contributed by atoms with Crippen molar-refractivity contribution in [3.8, 4) is 11.1 Å². The van der Waals surface area contributed by atoms with E-state index in [1.165, 1.54) is 12.1 Å². The Kier molecular flexibility index (Phi) is 5.35. The van der Waals surface area contributed by atoms with Gasteiger partial charge in [0, 0.05) is 60.4 Å². The van der Waals surface area contributed by atoms with Crippen LogP contribution in [0.5, 0.6) is 0 Å². The van der Waals surface area contributed by atoms with Gasteiger partial charge in [0.15, 0.2) is 0 Å². The summed E-state index contributed by atoms with van der Waals surface area (Å²) in [5.74, 6) is 1.70. The van der Waals surface area contributed by atoms with Gasteiger partial charge in [0.1, 0.15) is 5.82 Å². The van der Waals surface area contributed by atoms with Crippen LogP contribution in [-0.4, -0.2) is 39.0 Å². The molecule has 1 unspecified atom stereocenters. The van der Waals surface area contributed by atoms with Crippen molar-refractivity contribution in [1.82, 2.24) is 19.9 Å². The van der Waals surface area contributed by atoms with Gasteiger partial charge >= 0.3 is 0 Å². The molecule has 1 aliphatic carbocycles. The van der Waals surface area contributed by atoms with Crippen molar-refractivity contribution in [2.45, 2.75) is 25.4 Å². The number of rotatable bonds is 5.